The molecule has 1 amide bonds. The summed E-state index contributed by atoms with van der Waals surface area (Å²) in [5.41, 5.74) is 1.73. The van der Waals surface area contributed by atoms with E-state index in [9.17, 15) is 13.2 Å². The first kappa shape index (κ1) is 24.2. The van der Waals surface area contributed by atoms with Gasteiger partial charge < -0.3 is 10.2 Å². The average molecular weight is 491 g/mol. The third-order valence-corrected chi connectivity index (χ3v) is 8.37. The van der Waals surface area contributed by atoms with Crippen LogP contribution in [0.25, 0.3) is 0 Å². The molecule has 0 spiro atoms. The Kier molecular flexibility index (Phi) is 8.03. The van der Waals surface area contributed by atoms with Crippen molar-refractivity contribution >= 4 is 33.2 Å². The predicted octanol–water partition coefficient (Wildman–Crippen LogP) is 3.27. The molecule has 1 N–H and O–H groups in total. The fourth-order valence-corrected chi connectivity index (χ4v) is 6.14. The Bertz CT molecular complexity index is 1060. The smallest absolute Gasteiger partial charge is 0.243 e. The minimum absolute atomic E-state index is 0.105. The number of nitrogens with one attached hydrogen (secondary N) is 1. The molecule has 178 valence electrons. The molecule has 0 unspecified atom stereocenters. The van der Waals surface area contributed by atoms with Gasteiger partial charge in [0, 0.05) is 69.5 Å². The number of piperazine rings is 1. The van der Waals surface area contributed by atoms with Gasteiger partial charge in [-0.1, -0.05) is 29.8 Å². The standard InChI is InChI=1S/C24H31ClN4O3S/c25-21-6-3-5-20(17-21)19-28-15-13-27(14-16-28)12-9-24(30)26-22-7-4-8-23(18-22)33(31,32)29-10-1-2-11-29/h3-8,17-18H,1-2,9-16,19H2,(H,26,30). The molecule has 7 nitrogen and oxygen atoms in total. The van der Waals surface area contributed by atoms with Crippen molar-refractivity contribution in [2.75, 3.05) is 51.1 Å². The molecule has 2 aliphatic rings. The number of hydrogen-bond acceptors (Lipinski definition) is 5. The maximum Gasteiger partial charge on any atom is 0.243 e. The van der Waals surface area contributed by atoms with Gasteiger partial charge in [-0.3, -0.25) is 9.69 Å². The van der Waals surface area contributed by atoms with E-state index in [2.05, 4.69) is 21.2 Å². The number of sulfonamides is 1. The van der Waals surface area contributed by atoms with Crippen LogP contribution in [0.2, 0.25) is 5.02 Å². The van der Waals surface area contributed by atoms with Crippen molar-refractivity contribution < 1.29 is 13.2 Å². The van der Waals surface area contributed by atoms with Gasteiger partial charge >= 0.3 is 0 Å². The van der Waals surface area contributed by atoms with Crippen molar-refractivity contribution in [3.05, 3.63) is 59.1 Å². The molecular formula is C24H31ClN4O3S. The van der Waals surface area contributed by atoms with Crippen molar-refractivity contribution in [3.8, 4) is 0 Å². The summed E-state index contributed by atoms with van der Waals surface area (Å²) < 4.78 is 27.0. The minimum atomic E-state index is -3.49. The van der Waals surface area contributed by atoms with E-state index in [1.54, 1.807) is 24.3 Å². The molecule has 0 bridgehead atoms. The molecule has 0 radical (unpaired) electrons. The fourth-order valence-electron chi connectivity index (χ4n) is 4.36. The molecule has 2 aromatic rings. The number of amides is 1. The van der Waals surface area contributed by atoms with Crippen LogP contribution in [0.3, 0.4) is 0 Å². The van der Waals surface area contributed by atoms with E-state index in [1.165, 1.54) is 9.87 Å². The number of carbonyl (C=O) groups is 1. The van der Waals surface area contributed by atoms with E-state index in [4.69, 9.17) is 11.6 Å². The number of halogens is 1. The van der Waals surface area contributed by atoms with Crippen molar-refractivity contribution in [3.63, 3.8) is 0 Å². The van der Waals surface area contributed by atoms with Crippen LogP contribution in [0.1, 0.15) is 24.8 Å². The average Bonchev–Trinajstić information content (AvgIpc) is 3.35. The van der Waals surface area contributed by atoms with Crippen molar-refractivity contribution in [2.45, 2.75) is 30.7 Å². The lowest BCUT2D eigenvalue weighted by Gasteiger charge is -2.34. The minimum Gasteiger partial charge on any atom is -0.326 e. The van der Waals surface area contributed by atoms with E-state index in [1.807, 2.05) is 18.2 Å². The summed E-state index contributed by atoms with van der Waals surface area (Å²) in [6.45, 7) is 6.41. The third kappa shape index (κ3) is 6.55. The van der Waals surface area contributed by atoms with Crippen LogP contribution in [0, 0.1) is 0 Å². The van der Waals surface area contributed by atoms with Crippen LogP contribution in [-0.4, -0.2) is 74.2 Å². The number of carbonyl (C=O) groups excluding carboxylic acids is 1. The fraction of sp³-hybridized carbons (Fsp3) is 0.458. The lowest BCUT2D eigenvalue weighted by atomic mass is 10.2. The molecule has 2 aliphatic heterocycles. The maximum atomic E-state index is 12.8. The van der Waals surface area contributed by atoms with Crippen molar-refractivity contribution in [2.24, 2.45) is 0 Å². The van der Waals surface area contributed by atoms with Gasteiger partial charge in [-0.2, -0.15) is 4.31 Å². The molecule has 2 saturated heterocycles. The van der Waals surface area contributed by atoms with Gasteiger partial charge in [-0.05, 0) is 48.7 Å². The SMILES string of the molecule is O=C(CCN1CCN(Cc2cccc(Cl)c2)CC1)Nc1cccc(S(=O)(=O)N2CCCC2)c1. The Morgan fingerprint density at radius 1 is 0.909 bits per heavy atom. The Labute approximate surface area is 201 Å². The molecule has 9 heteroatoms. The molecule has 2 heterocycles. The third-order valence-electron chi connectivity index (χ3n) is 6.24. The highest BCUT2D eigenvalue weighted by molar-refractivity contribution is 7.89. The Morgan fingerprint density at radius 3 is 2.33 bits per heavy atom. The summed E-state index contributed by atoms with van der Waals surface area (Å²) >= 11 is 6.08. The predicted molar refractivity (Wildman–Crippen MR) is 131 cm³/mol. The summed E-state index contributed by atoms with van der Waals surface area (Å²) in [6.07, 6.45) is 2.16. The van der Waals surface area contributed by atoms with Crippen LogP contribution >= 0.6 is 11.6 Å². The quantitative estimate of drug-likeness (QED) is 0.614. The van der Waals surface area contributed by atoms with Gasteiger partial charge in [0.25, 0.3) is 0 Å². The van der Waals surface area contributed by atoms with Crippen molar-refractivity contribution in [1.82, 2.24) is 14.1 Å². The molecule has 0 aromatic heterocycles. The van der Waals surface area contributed by atoms with E-state index in [-0.39, 0.29) is 10.8 Å². The van der Waals surface area contributed by atoms with E-state index < -0.39 is 10.0 Å². The maximum absolute atomic E-state index is 12.8. The van der Waals surface area contributed by atoms with Crippen molar-refractivity contribution in [1.29, 1.82) is 0 Å². The zero-order chi connectivity index (χ0) is 23.3. The normalized spacial score (nSPS) is 18.5. The van der Waals surface area contributed by atoms with Crippen LogP contribution in [0.4, 0.5) is 5.69 Å². The Hall–Kier alpha value is -1.97. The number of benzene rings is 2. The lowest BCUT2D eigenvalue weighted by Crippen LogP contribution is -2.46. The van der Waals surface area contributed by atoms with Crippen LogP contribution in [0.15, 0.2) is 53.4 Å². The number of hydrogen-bond donors (Lipinski definition) is 1. The van der Waals surface area contributed by atoms with Crippen LogP contribution in [0.5, 0.6) is 0 Å². The second-order valence-electron chi connectivity index (χ2n) is 8.68. The summed E-state index contributed by atoms with van der Waals surface area (Å²) in [5.74, 6) is -0.105. The molecule has 0 atom stereocenters. The first-order valence-corrected chi connectivity index (χ1v) is 13.3. The lowest BCUT2D eigenvalue weighted by molar-refractivity contribution is -0.116. The summed E-state index contributed by atoms with van der Waals surface area (Å²) in [6, 6.07) is 14.5. The molecular weight excluding hydrogens is 460 g/mol. The number of anilines is 1. The Morgan fingerprint density at radius 2 is 1.61 bits per heavy atom. The number of rotatable bonds is 8. The Balaban J connectivity index is 1.22. The van der Waals surface area contributed by atoms with Gasteiger partial charge in [0.2, 0.25) is 15.9 Å². The van der Waals surface area contributed by atoms with E-state index in [0.29, 0.717) is 31.7 Å². The molecule has 4 rings (SSSR count). The molecule has 0 saturated carbocycles. The second-order valence-corrected chi connectivity index (χ2v) is 11.1. The van der Waals surface area contributed by atoms with Gasteiger partial charge in [0.1, 0.15) is 0 Å². The topological polar surface area (TPSA) is 73.0 Å². The van der Waals surface area contributed by atoms with Crippen LogP contribution < -0.4 is 5.32 Å². The van der Waals surface area contributed by atoms with Crippen LogP contribution in [-0.2, 0) is 21.4 Å². The first-order valence-electron chi connectivity index (χ1n) is 11.5. The second kappa shape index (κ2) is 11.0. The summed E-state index contributed by atoms with van der Waals surface area (Å²) in [7, 11) is -3.49. The molecule has 33 heavy (non-hydrogen) atoms. The number of nitrogens with zero attached hydrogens (tertiary/aromatic N) is 3. The zero-order valence-electron chi connectivity index (χ0n) is 18.7. The first-order chi connectivity index (χ1) is 15.9. The highest BCUT2D eigenvalue weighted by Gasteiger charge is 2.27. The van der Waals surface area contributed by atoms with Gasteiger partial charge in [-0.15, -0.1) is 0 Å². The molecule has 2 fully saturated rings. The molecule has 2 aromatic carbocycles. The van der Waals surface area contributed by atoms with E-state index in [0.717, 1.165) is 50.6 Å². The van der Waals surface area contributed by atoms with E-state index >= 15 is 0 Å². The summed E-state index contributed by atoms with van der Waals surface area (Å²) in [5, 5.41) is 3.62. The highest BCUT2D eigenvalue weighted by Crippen LogP contribution is 2.23. The van der Waals surface area contributed by atoms with Gasteiger partial charge in [0.15, 0.2) is 0 Å². The van der Waals surface area contributed by atoms with Gasteiger partial charge in [0.05, 0.1) is 4.90 Å². The highest BCUT2D eigenvalue weighted by atomic mass is 35.5. The largest absolute Gasteiger partial charge is 0.326 e. The summed E-state index contributed by atoms with van der Waals surface area (Å²) in [4.78, 5) is 17.4. The molecule has 0 aliphatic carbocycles. The van der Waals surface area contributed by atoms with Gasteiger partial charge in [-0.25, -0.2) is 8.42 Å². The zero-order valence-corrected chi connectivity index (χ0v) is 20.3. The monoisotopic (exact) mass is 490 g/mol.